The van der Waals surface area contributed by atoms with Crippen molar-refractivity contribution in [3.05, 3.63) is 53.1 Å². The van der Waals surface area contributed by atoms with Gasteiger partial charge in [0.05, 0.1) is 24.2 Å². The van der Waals surface area contributed by atoms with Crippen molar-refractivity contribution < 1.29 is 4.74 Å². The first-order valence-corrected chi connectivity index (χ1v) is 9.12. The second kappa shape index (κ2) is 7.87. The molecule has 0 bridgehead atoms. The molecule has 1 saturated heterocycles. The van der Waals surface area contributed by atoms with E-state index in [0.717, 1.165) is 37.8 Å². The molecule has 1 aromatic carbocycles. The van der Waals surface area contributed by atoms with Gasteiger partial charge in [-0.2, -0.15) is 0 Å². The summed E-state index contributed by atoms with van der Waals surface area (Å²) < 4.78 is 7.93. The van der Waals surface area contributed by atoms with E-state index in [4.69, 9.17) is 16.3 Å². The molecule has 1 atom stereocenters. The van der Waals surface area contributed by atoms with Crippen molar-refractivity contribution in [3.8, 4) is 0 Å². The van der Waals surface area contributed by atoms with Crippen LogP contribution in [0.1, 0.15) is 31.1 Å². The summed E-state index contributed by atoms with van der Waals surface area (Å²) in [5.41, 5.74) is 2.34. The minimum Gasteiger partial charge on any atom is -0.373 e. The first-order chi connectivity index (χ1) is 11.9. The summed E-state index contributed by atoms with van der Waals surface area (Å²) >= 11 is 6.08. The number of imidazole rings is 1. The van der Waals surface area contributed by atoms with E-state index >= 15 is 0 Å². The molecule has 0 radical (unpaired) electrons. The van der Waals surface area contributed by atoms with Gasteiger partial charge in [0.2, 0.25) is 0 Å². The van der Waals surface area contributed by atoms with E-state index in [9.17, 15) is 0 Å². The first-order valence-electron chi connectivity index (χ1n) is 8.74. The molecule has 5 nitrogen and oxygen atoms in total. The Morgan fingerprint density at radius 1 is 1.32 bits per heavy atom. The predicted molar refractivity (Wildman–Crippen MR) is 101 cm³/mol. The monoisotopic (exact) mass is 362 g/mol. The van der Waals surface area contributed by atoms with Crippen molar-refractivity contribution in [2.75, 3.05) is 26.2 Å². The third-order valence-corrected chi connectivity index (χ3v) is 4.96. The lowest BCUT2D eigenvalue weighted by atomic mass is 10.0. The van der Waals surface area contributed by atoms with Gasteiger partial charge >= 0.3 is 0 Å². The Labute approximate surface area is 154 Å². The van der Waals surface area contributed by atoms with Crippen LogP contribution in [-0.4, -0.2) is 46.3 Å². The van der Waals surface area contributed by atoms with Crippen LogP contribution >= 0.6 is 11.6 Å². The number of ether oxygens (including phenoxy) is 1. The smallest absolute Gasteiger partial charge is 0.0945 e. The summed E-state index contributed by atoms with van der Waals surface area (Å²) in [6, 6.07) is 8.48. The first kappa shape index (κ1) is 18.4. The minimum absolute atomic E-state index is 0.120. The normalized spacial score (nSPS) is 19.0. The Morgan fingerprint density at radius 3 is 2.72 bits per heavy atom. The highest BCUT2D eigenvalue weighted by atomic mass is 35.5. The van der Waals surface area contributed by atoms with E-state index in [1.807, 2.05) is 36.3 Å². The number of nitrogens with zero attached hydrogens (tertiary/aromatic N) is 3. The number of nitrogens with one attached hydrogen (secondary N) is 1. The number of hydrogen-bond acceptors (Lipinski definition) is 4. The van der Waals surface area contributed by atoms with Crippen molar-refractivity contribution in [2.24, 2.45) is 7.05 Å². The average Bonchev–Trinajstić information content (AvgIpc) is 2.97. The lowest BCUT2D eigenvalue weighted by Crippen LogP contribution is -2.51. The van der Waals surface area contributed by atoms with Crippen LogP contribution in [0.3, 0.4) is 0 Å². The third kappa shape index (κ3) is 4.82. The van der Waals surface area contributed by atoms with Crippen LogP contribution in [0.25, 0.3) is 0 Å². The van der Waals surface area contributed by atoms with Gasteiger partial charge in [0.1, 0.15) is 0 Å². The summed E-state index contributed by atoms with van der Waals surface area (Å²) in [6.45, 7) is 8.58. The number of aryl methyl sites for hydroxylation is 1. The molecule has 2 heterocycles. The molecule has 2 aromatic rings. The topological polar surface area (TPSA) is 42.3 Å². The van der Waals surface area contributed by atoms with E-state index in [-0.39, 0.29) is 11.6 Å². The van der Waals surface area contributed by atoms with Gasteiger partial charge in [-0.1, -0.05) is 23.7 Å². The van der Waals surface area contributed by atoms with Crippen LogP contribution in [-0.2, 0) is 18.3 Å². The maximum atomic E-state index is 6.08. The Balaban J connectivity index is 1.72. The molecule has 1 N–H and O–H groups in total. The Hall–Kier alpha value is -1.40. The van der Waals surface area contributed by atoms with Crippen LogP contribution in [0.4, 0.5) is 0 Å². The van der Waals surface area contributed by atoms with Gasteiger partial charge in [0.15, 0.2) is 0 Å². The maximum Gasteiger partial charge on any atom is 0.0945 e. The molecular weight excluding hydrogens is 336 g/mol. The summed E-state index contributed by atoms with van der Waals surface area (Å²) in [7, 11) is 2.02. The van der Waals surface area contributed by atoms with Crippen LogP contribution in [0.15, 0.2) is 36.8 Å². The van der Waals surface area contributed by atoms with Gasteiger partial charge in [-0.15, -0.1) is 0 Å². The molecule has 1 aliphatic heterocycles. The van der Waals surface area contributed by atoms with E-state index in [2.05, 4.69) is 41.2 Å². The van der Waals surface area contributed by atoms with Crippen molar-refractivity contribution in [1.82, 2.24) is 19.8 Å². The Morgan fingerprint density at radius 2 is 2.08 bits per heavy atom. The van der Waals surface area contributed by atoms with Crippen molar-refractivity contribution >= 4 is 11.6 Å². The molecular formula is C19H27ClN4O. The maximum absolute atomic E-state index is 6.08. The molecule has 0 unspecified atom stereocenters. The molecule has 1 aliphatic rings. The van der Waals surface area contributed by atoms with E-state index in [1.165, 1.54) is 11.3 Å². The van der Waals surface area contributed by atoms with Crippen LogP contribution in [0.2, 0.25) is 5.02 Å². The quantitative estimate of drug-likeness (QED) is 0.857. The molecule has 0 amide bonds. The number of rotatable bonds is 6. The Kier molecular flexibility index (Phi) is 5.79. The van der Waals surface area contributed by atoms with Crippen molar-refractivity contribution in [2.45, 2.75) is 32.0 Å². The molecule has 0 saturated carbocycles. The largest absolute Gasteiger partial charge is 0.373 e. The molecule has 1 fully saturated rings. The highest BCUT2D eigenvalue weighted by molar-refractivity contribution is 6.30. The number of benzene rings is 1. The fourth-order valence-corrected chi connectivity index (χ4v) is 3.48. The zero-order valence-electron chi connectivity index (χ0n) is 15.2. The third-order valence-electron chi connectivity index (χ3n) is 4.71. The molecule has 0 aliphatic carbocycles. The summed E-state index contributed by atoms with van der Waals surface area (Å²) in [4.78, 5) is 6.68. The van der Waals surface area contributed by atoms with Gasteiger partial charge in [-0.3, -0.25) is 4.90 Å². The summed E-state index contributed by atoms with van der Waals surface area (Å²) in [5.74, 6) is 0. The van der Waals surface area contributed by atoms with E-state index in [0.29, 0.717) is 0 Å². The summed E-state index contributed by atoms with van der Waals surface area (Å²) in [6.07, 6.45) is 3.74. The number of aromatic nitrogens is 2. The zero-order valence-corrected chi connectivity index (χ0v) is 16.0. The summed E-state index contributed by atoms with van der Waals surface area (Å²) in [5, 5.41) is 4.36. The highest BCUT2D eigenvalue weighted by Crippen LogP contribution is 2.27. The average molecular weight is 363 g/mol. The molecule has 25 heavy (non-hydrogen) atoms. The van der Waals surface area contributed by atoms with Gasteiger partial charge in [-0.05, 0) is 31.5 Å². The van der Waals surface area contributed by atoms with Crippen molar-refractivity contribution in [1.29, 1.82) is 0 Å². The SMILES string of the molecule is Cn1cncc1CNC[C@@H](c1ccc(Cl)cc1)N1CCOC(C)(C)C1. The second-order valence-electron chi connectivity index (χ2n) is 7.27. The molecule has 1 aromatic heterocycles. The van der Waals surface area contributed by atoms with Gasteiger partial charge in [-0.25, -0.2) is 4.98 Å². The van der Waals surface area contributed by atoms with E-state index in [1.54, 1.807) is 0 Å². The fraction of sp³-hybridized carbons (Fsp3) is 0.526. The van der Waals surface area contributed by atoms with Crippen molar-refractivity contribution in [3.63, 3.8) is 0 Å². The minimum atomic E-state index is -0.120. The zero-order chi connectivity index (χ0) is 17.9. The number of halogens is 1. The van der Waals surface area contributed by atoms with Crippen LogP contribution in [0.5, 0.6) is 0 Å². The van der Waals surface area contributed by atoms with Gasteiger partial charge < -0.3 is 14.6 Å². The molecule has 6 heteroatoms. The lowest BCUT2D eigenvalue weighted by Gasteiger charge is -2.42. The number of morpholine rings is 1. The second-order valence-corrected chi connectivity index (χ2v) is 7.71. The number of hydrogen-bond donors (Lipinski definition) is 1. The van der Waals surface area contributed by atoms with Crippen LogP contribution in [0, 0.1) is 0 Å². The molecule has 0 spiro atoms. The van der Waals surface area contributed by atoms with Gasteiger partial charge in [0, 0.05) is 50.5 Å². The molecule has 136 valence electrons. The predicted octanol–water partition coefficient (Wildman–Crippen LogP) is 3.02. The fourth-order valence-electron chi connectivity index (χ4n) is 3.35. The van der Waals surface area contributed by atoms with Crippen LogP contribution < -0.4 is 5.32 Å². The van der Waals surface area contributed by atoms with Gasteiger partial charge in [0.25, 0.3) is 0 Å². The lowest BCUT2D eigenvalue weighted by molar-refractivity contribution is -0.0974. The Bertz CT molecular complexity index is 683. The molecule has 3 rings (SSSR count). The highest BCUT2D eigenvalue weighted by Gasteiger charge is 2.31. The standard InChI is InChI=1S/C19H27ClN4O/c1-19(2)13-24(8-9-25-19)18(15-4-6-16(20)7-5-15)12-21-10-17-11-22-14-23(17)3/h4-7,11,14,18,21H,8-10,12-13H2,1-3H3/t18-/m0/s1. The van der Waals surface area contributed by atoms with E-state index < -0.39 is 0 Å².